The van der Waals surface area contributed by atoms with Crippen molar-refractivity contribution in [1.82, 2.24) is 14.7 Å². The third kappa shape index (κ3) is 3.21. The lowest BCUT2D eigenvalue weighted by atomic mass is 9.96. The van der Waals surface area contributed by atoms with Gasteiger partial charge in [0, 0.05) is 31.6 Å². The van der Waals surface area contributed by atoms with Crippen LogP contribution in [0.4, 0.5) is 5.00 Å². The summed E-state index contributed by atoms with van der Waals surface area (Å²) in [6.45, 7) is 7.85. The molecule has 1 aromatic heterocycles. The van der Waals surface area contributed by atoms with Crippen LogP contribution in [0.2, 0.25) is 0 Å². The molecule has 0 atom stereocenters. The number of hydrogen-bond donors (Lipinski definition) is 1. The lowest BCUT2D eigenvalue weighted by Gasteiger charge is -2.43. The summed E-state index contributed by atoms with van der Waals surface area (Å²) in [5.41, 5.74) is 0.986. The Morgan fingerprint density at radius 2 is 1.86 bits per heavy atom. The number of hydrogen-bond acceptors (Lipinski definition) is 6. The van der Waals surface area contributed by atoms with Crippen molar-refractivity contribution in [3.8, 4) is 0 Å². The van der Waals surface area contributed by atoms with Crippen LogP contribution in [0.25, 0.3) is 0 Å². The van der Waals surface area contributed by atoms with Gasteiger partial charge in [-0.2, -0.15) is 0 Å². The van der Waals surface area contributed by atoms with E-state index >= 15 is 0 Å². The molecular formula is C19H26N4O4S. The zero-order valence-electron chi connectivity index (χ0n) is 16.5. The minimum Gasteiger partial charge on any atom is -0.379 e. The number of amides is 3. The van der Waals surface area contributed by atoms with Crippen molar-refractivity contribution in [3.63, 3.8) is 0 Å². The molecule has 0 aromatic carbocycles. The number of likely N-dealkylation sites (N-methyl/N-ethyl adjacent to an activating group) is 1. The predicted molar refractivity (Wildman–Crippen MR) is 106 cm³/mol. The molecule has 0 aliphatic carbocycles. The SMILES string of the molecule is CN1CC(=O)Nc2sc3c(c2C1=O)CCN(C(=O)C(C)(C)N1CCOCC1)C3. The fourth-order valence-corrected chi connectivity index (χ4v) is 5.45. The highest BCUT2D eigenvalue weighted by molar-refractivity contribution is 7.17. The standard InChI is InChI=1S/C19H26N4O4S/c1-19(2,23-6-8-27-9-7-23)18(26)22-5-4-12-13(10-22)28-16-15(12)17(25)21(3)11-14(24)20-16/h4-11H2,1-3H3,(H,20,24). The van der Waals surface area contributed by atoms with E-state index < -0.39 is 5.54 Å². The Bertz CT molecular complexity index is 828. The fourth-order valence-electron chi connectivity index (χ4n) is 4.18. The molecule has 1 N–H and O–H groups in total. The van der Waals surface area contributed by atoms with E-state index in [1.54, 1.807) is 7.05 Å². The molecule has 0 spiro atoms. The molecule has 3 aliphatic heterocycles. The van der Waals surface area contributed by atoms with Crippen molar-refractivity contribution in [2.24, 2.45) is 0 Å². The van der Waals surface area contributed by atoms with Gasteiger partial charge in [-0.05, 0) is 25.8 Å². The molecule has 0 saturated carbocycles. The van der Waals surface area contributed by atoms with Crippen molar-refractivity contribution in [2.75, 3.05) is 51.8 Å². The second-order valence-corrected chi connectivity index (χ2v) is 9.16. The minimum absolute atomic E-state index is 0.0629. The molecule has 0 bridgehead atoms. The molecule has 0 radical (unpaired) electrons. The number of rotatable bonds is 2. The van der Waals surface area contributed by atoms with Gasteiger partial charge >= 0.3 is 0 Å². The number of nitrogens with one attached hydrogen (secondary N) is 1. The van der Waals surface area contributed by atoms with Crippen molar-refractivity contribution in [2.45, 2.75) is 32.4 Å². The zero-order valence-corrected chi connectivity index (χ0v) is 17.4. The number of anilines is 1. The van der Waals surface area contributed by atoms with Gasteiger partial charge in [0.2, 0.25) is 11.8 Å². The Labute approximate surface area is 168 Å². The maximum atomic E-state index is 13.3. The molecule has 152 valence electrons. The van der Waals surface area contributed by atoms with Crippen molar-refractivity contribution in [3.05, 3.63) is 16.0 Å². The molecule has 9 heteroatoms. The molecule has 8 nitrogen and oxygen atoms in total. The highest BCUT2D eigenvalue weighted by Crippen LogP contribution is 2.39. The van der Waals surface area contributed by atoms with E-state index in [2.05, 4.69) is 10.2 Å². The van der Waals surface area contributed by atoms with Crippen LogP contribution in [0.3, 0.4) is 0 Å². The number of thiophene rings is 1. The number of carbonyl (C=O) groups excluding carboxylic acids is 3. The van der Waals surface area contributed by atoms with Crippen LogP contribution >= 0.6 is 11.3 Å². The maximum Gasteiger partial charge on any atom is 0.257 e. The van der Waals surface area contributed by atoms with Gasteiger partial charge in [-0.15, -0.1) is 11.3 Å². The van der Waals surface area contributed by atoms with Gasteiger partial charge in [0.05, 0.1) is 37.4 Å². The number of ether oxygens (including phenoxy) is 1. The molecule has 0 unspecified atom stereocenters. The number of nitrogens with zero attached hydrogens (tertiary/aromatic N) is 3. The smallest absolute Gasteiger partial charge is 0.257 e. The van der Waals surface area contributed by atoms with E-state index in [0.29, 0.717) is 43.3 Å². The van der Waals surface area contributed by atoms with Crippen LogP contribution in [0, 0.1) is 0 Å². The lowest BCUT2D eigenvalue weighted by molar-refractivity contribution is -0.146. The third-order valence-corrected chi connectivity index (χ3v) is 7.00. The van der Waals surface area contributed by atoms with Gasteiger partial charge in [0.1, 0.15) is 5.00 Å². The summed E-state index contributed by atoms with van der Waals surface area (Å²) in [4.78, 5) is 44.6. The van der Waals surface area contributed by atoms with E-state index in [0.717, 1.165) is 23.5 Å². The summed E-state index contributed by atoms with van der Waals surface area (Å²) < 4.78 is 5.42. The summed E-state index contributed by atoms with van der Waals surface area (Å²) in [6, 6.07) is 0. The number of carbonyl (C=O) groups is 3. The van der Waals surface area contributed by atoms with Crippen molar-refractivity contribution in [1.29, 1.82) is 0 Å². The summed E-state index contributed by atoms with van der Waals surface area (Å²) in [7, 11) is 1.64. The van der Waals surface area contributed by atoms with Crippen LogP contribution in [-0.4, -0.2) is 84.4 Å². The van der Waals surface area contributed by atoms with Crippen LogP contribution in [-0.2, 0) is 27.3 Å². The van der Waals surface area contributed by atoms with Gasteiger partial charge in [0.15, 0.2) is 0 Å². The minimum atomic E-state index is -0.597. The van der Waals surface area contributed by atoms with Crippen molar-refractivity contribution < 1.29 is 19.1 Å². The molecular weight excluding hydrogens is 380 g/mol. The Hall–Kier alpha value is -1.97. The molecule has 4 rings (SSSR count). The lowest BCUT2D eigenvalue weighted by Crippen LogP contribution is -2.59. The first-order valence-electron chi connectivity index (χ1n) is 9.61. The molecule has 3 amide bonds. The first kappa shape index (κ1) is 19.4. The Morgan fingerprint density at radius 3 is 2.57 bits per heavy atom. The summed E-state index contributed by atoms with van der Waals surface area (Å²) >= 11 is 1.42. The molecule has 3 aliphatic rings. The molecule has 28 heavy (non-hydrogen) atoms. The largest absolute Gasteiger partial charge is 0.379 e. The van der Waals surface area contributed by atoms with E-state index in [1.165, 1.54) is 16.2 Å². The van der Waals surface area contributed by atoms with Gasteiger partial charge < -0.3 is 19.9 Å². The second-order valence-electron chi connectivity index (χ2n) is 8.05. The van der Waals surface area contributed by atoms with Crippen LogP contribution in [0.1, 0.15) is 34.6 Å². The molecule has 4 heterocycles. The van der Waals surface area contributed by atoms with Gasteiger partial charge in [-0.25, -0.2) is 0 Å². The van der Waals surface area contributed by atoms with E-state index in [-0.39, 0.29) is 24.3 Å². The highest BCUT2D eigenvalue weighted by Gasteiger charge is 2.41. The van der Waals surface area contributed by atoms with Gasteiger partial charge in [0.25, 0.3) is 5.91 Å². The first-order chi connectivity index (χ1) is 13.3. The first-order valence-corrected chi connectivity index (χ1v) is 10.4. The third-order valence-electron chi connectivity index (χ3n) is 5.86. The van der Waals surface area contributed by atoms with Gasteiger partial charge in [-0.3, -0.25) is 19.3 Å². The normalized spacial score (nSPS) is 21.1. The van der Waals surface area contributed by atoms with Crippen LogP contribution < -0.4 is 5.32 Å². The maximum absolute atomic E-state index is 13.3. The average molecular weight is 407 g/mol. The topological polar surface area (TPSA) is 82.2 Å². The number of morpholine rings is 1. The summed E-state index contributed by atoms with van der Waals surface area (Å²) in [6.07, 6.45) is 0.627. The predicted octanol–water partition coefficient (Wildman–Crippen LogP) is 0.768. The Kier molecular flexibility index (Phi) is 4.93. The number of fused-ring (bicyclic) bond motifs is 3. The second kappa shape index (κ2) is 7.13. The van der Waals surface area contributed by atoms with E-state index in [9.17, 15) is 14.4 Å². The summed E-state index contributed by atoms with van der Waals surface area (Å²) in [5, 5.41) is 3.47. The summed E-state index contributed by atoms with van der Waals surface area (Å²) in [5.74, 6) is -0.218. The average Bonchev–Trinajstić information content (AvgIpc) is 2.98. The van der Waals surface area contributed by atoms with E-state index in [4.69, 9.17) is 4.74 Å². The van der Waals surface area contributed by atoms with E-state index in [1.807, 2.05) is 18.7 Å². The van der Waals surface area contributed by atoms with Gasteiger partial charge in [-0.1, -0.05) is 0 Å². The van der Waals surface area contributed by atoms with Crippen LogP contribution in [0.15, 0.2) is 0 Å². The van der Waals surface area contributed by atoms with Crippen LogP contribution in [0.5, 0.6) is 0 Å². The highest BCUT2D eigenvalue weighted by atomic mass is 32.1. The quantitative estimate of drug-likeness (QED) is 0.785. The van der Waals surface area contributed by atoms with Crippen molar-refractivity contribution >= 4 is 34.1 Å². The molecule has 1 aromatic rings. The Morgan fingerprint density at radius 1 is 1.14 bits per heavy atom. The molecule has 1 fully saturated rings. The fraction of sp³-hybridized carbons (Fsp3) is 0.632. The zero-order chi connectivity index (χ0) is 20.1. The Balaban J connectivity index is 1.57. The monoisotopic (exact) mass is 406 g/mol. The molecule has 1 saturated heterocycles.